The van der Waals surface area contributed by atoms with Gasteiger partial charge in [0.15, 0.2) is 0 Å². The molecule has 108 valence electrons. The second kappa shape index (κ2) is 6.64. The SMILES string of the molecule is CC1CN(C(C)c2ccc(F)cc2F)CC(C)N1.Cl. The molecule has 3 atom stereocenters. The molecule has 1 saturated heterocycles. The maximum absolute atomic E-state index is 13.8. The Labute approximate surface area is 119 Å². The van der Waals surface area contributed by atoms with Gasteiger partial charge in [-0.2, -0.15) is 0 Å². The quantitative estimate of drug-likeness (QED) is 0.900. The van der Waals surface area contributed by atoms with Crippen molar-refractivity contribution >= 4 is 12.4 Å². The number of piperazine rings is 1. The second-order valence-electron chi connectivity index (χ2n) is 5.26. The minimum atomic E-state index is -0.523. The summed E-state index contributed by atoms with van der Waals surface area (Å²) in [5.41, 5.74) is 0.567. The van der Waals surface area contributed by atoms with Gasteiger partial charge < -0.3 is 5.32 Å². The predicted octanol–water partition coefficient (Wildman–Crippen LogP) is 3.13. The highest BCUT2D eigenvalue weighted by Gasteiger charge is 2.26. The smallest absolute Gasteiger partial charge is 0.130 e. The van der Waals surface area contributed by atoms with Crippen LogP contribution >= 0.6 is 12.4 Å². The van der Waals surface area contributed by atoms with E-state index in [0.717, 1.165) is 19.2 Å². The molecule has 0 spiro atoms. The van der Waals surface area contributed by atoms with Crippen molar-refractivity contribution in [3.05, 3.63) is 35.4 Å². The Morgan fingerprint density at radius 1 is 1.21 bits per heavy atom. The van der Waals surface area contributed by atoms with E-state index in [-0.39, 0.29) is 18.4 Å². The Kier molecular flexibility index (Phi) is 5.71. The molecule has 1 N–H and O–H groups in total. The zero-order valence-electron chi connectivity index (χ0n) is 11.5. The summed E-state index contributed by atoms with van der Waals surface area (Å²) in [6.07, 6.45) is 0. The molecule has 5 heteroatoms. The lowest BCUT2D eigenvalue weighted by atomic mass is 10.0. The molecule has 1 fully saturated rings. The van der Waals surface area contributed by atoms with E-state index in [2.05, 4.69) is 24.1 Å². The summed E-state index contributed by atoms with van der Waals surface area (Å²) in [6.45, 7) is 7.97. The summed E-state index contributed by atoms with van der Waals surface area (Å²) < 4.78 is 26.7. The zero-order chi connectivity index (χ0) is 13.3. The molecule has 0 radical (unpaired) electrons. The Morgan fingerprint density at radius 3 is 2.32 bits per heavy atom. The number of rotatable bonds is 2. The first kappa shape index (κ1) is 16.3. The Morgan fingerprint density at radius 2 is 1.79 bits per heavy atom. The van der Waals surface area contributed by atoms with Gasteiger partial charge in [-0.3, -0.25) is 4.90 Å². The van der Waals surface area contributed by atoms with Gasteiger partial charge in [0.2, 0.25) is 0 Å². The molecule has 19 heavy (non-hydrogen) atoms. The van der Waals surface area contributed by atoms with Gasteiger partial charge in [0, 0.05) is 42.8 Å². The number of benzene rings is 1. The Hall–Kier alpha value is -0.710. The van der Waals surface area contributed by atoms with Crippen molar-refractivity contribution in [3.63, 3.8) is 0 Å². The standard InChI is InChI=1S/C14H20F2N2.ClH/c1-9-7-18(8-10(2)17-9)11(3)13-5-4-12(15)6-14(13)16;/h4-6,9-11,17H,7-8H2,1-3H3;1H. The number of nitrogens with one attached hydrogen (secondary N) is 1. The average molecular weight is 291 g/mol. The number of halogens is 3. The van der Waals surface area contributed by atoms with E-state index < -0.39 is 11.6 Å². The van der Waals surface area contributed by atoms with E-state index in [1.165, 1.54) is 6.07 Å². The van der Waals surface area contributed by atoms with Crippen LogP contribution in [0.4, 0.5) is 8.78 Å². The van der Waals surface area contributed by atoms with Crippen LogP contribution in [0.1, 0.15) is 32.4 Å². The Balaban J connectivity index is 0.00000180. The van der Waals surface area contributed by atoms with Crippen molar-refractivity contribution in [2.75, 3.05) is 13.1 Å². The van der Waals surface area contributed by atoms with E-state index in [4.69, 9.17) is 0 Å². The van der Waals surface area contributed by atoms with Gasteiger partial charge in [0.25, 0.3) is 0 Å². The summed E-state index contributed by atoms with van der Waals surface area (Å²) in [5, 5.41) is 3.44. The number of hydrogen-bond acceptors (Lipinski definition) is 2. The first-order chi connectivity index (χ1) is 8.47. The van der Waals surface area contributed by atoms with Gasteiger partial charge >= 0.3 is 0 Å². The maximum atomic E-state index is 13.8. The van der Waals surface area contributed by atoms with Gasteiger partial charge in [-0.1, -0.05) is 6.07 Å². The van der Waals surface area contributed by atoms with Gasteiger partial charge in [0.1, 0.15) is 11.6 Å². The molecule has 0 aromatic heterocycles. The van der Waals surface area contributed by atoms with Crippen molar-refractivity contribution in [3.8, 4) is 0 Å². The fraction of sp³-hybridized carbons (Fsp3) is 0.571. The monoisotopic (exact) mass is 290 g/mol. The first-order valence-electron chi connectivity index (χ1n) is 6.42. The molecular weight excluding hydrogens is 270 g/mol. The van der Waals surface area contributed by atoms with E-state index in [0.29, 0.717) is 17.6 Å². The largest absolute Gasteiger partial charge is 0.309 e. The van der Waals surface area contributed by atoms with Gasteiger partial charge in [-0.25, -0.2) is 8.78 Å². The minimum absolute atomic E-state index is 0. The predicted molar refractivity (Wildman–Crippen MR) is 75.7 cm³/mol. The van der Waals surface area contributed by atoms with Crippen LogP contribution in [0, 0.1) is 11.6 Å². The summed E-state index contributed by atoms with van der Waals surface area (Å²) >= 11 is 0. The molecule has 3 unspecified atom stereocenters. The van der Waals surface area contributed by atoms with Gasteiger partial charge in [0.05, 0.1) is 0 Å². The molecule has 0 bridgehead atoms. The summed E-state index contributed by atoms with van der Waals surface area (Å²) in [5.74, 6) is -0.980. The molecule has 1 aliphatic rings. The lowest BCUT2D eigenvalue weighted by Gasteiger charge is -2.39. The summed E-state index contributed by atoms with van der Waals surface area (Å²) in [7, 11) is 0. The van der Waals surface area contributed by atoms with Crippen LogP contribution in [0.3, 0.4) is 0 Å². The lowest BCUT2D eigenvalue weighted by Crippen LogP contribution is -2.54. The molecule has 0 aliphatic carbocycles. The molecule has 1 aromatic carbocycles. The van der Waals surface area contributed by atoms with Crippen LogP contribution in [-0.2, 0) is 0 Å². The highest BCUT2D eigenvalue weighted by Crippen LogP contribution is 2.25. The van der Waals surface area contributed by atoms with Crippen LogP contribution in [0.5, 0.6) is 0 Å². The highest BCUT2D eigenvalue weighted by molar-refractivity contribution is 5.85. The molecule has 0 saturated carbocycles. The third kappa shape index (κ3) is 3.88. The van der Waals surface area contributed by atoms with Crippen LogP contribution in [0.25, 0.3) is 0 Å². The normalized spacial score (nSPS) is 25.7. The second-order valence-corrected chi connectivity index (χ2v) is 5.26. The number of hydrogen-bond donors (Lipinski definition) is 1. The van der Waals surface area contributed by atoms with Crippen molar-refractivity contribution in [1.29, 1.82) is 0 Å². The highest BCUT2D eigenvalue weighted by atomic mass is 35.5. The van der Waals surface area contributed by atoms with E-state index in [9.17, 15) is 8.78 Å². The molecule has 0 amide bonds. The van der Waals surface area contributed by atoms with Crippen LogP contribution < -0.4 is 5.32 Å². The van der Waals surface area contributed by atoms with Gasteiger partial charge in [-0.15, -0.1) is 12.4 Å². The molecule has 2 nitrogen and oxygen atoms in total. The fourth-order valence-electron chi connectivity index (χ4n) is 2.72. The van der Waals surface area contributed by atoms with Gasteiger partial charge in [-0.05, 0) is 26.8 Å². The van der Waals surface area contributed by atoms with Crippen LogP contribution in [0.15, 0.2) is 18.2 Å². The fourth-order valence-corrected chi connectivity index (χ4v) is 2.72. The molecule has 1 aliphatic heterocycles. The molecular formula is C14H21ClF2N2. The first-order valence-corrected chi connectivity index (χ1v) is 6.42. The minimum Gasteiger partial charge on any atom is -0.309 e. The summed E-state index contributed by atoms with van der Waals surface area (Å²) in [4.78, 5) is 2.24. The van der Waals surface area contributed by atoms with Crippen molar-refractivity contribution in [2.45, 2.75) is 38.9 Å². The molecule has 2 rings (SSSR count). The maximum Gasteiger partial charge on any atom is 0.130 e. The topological polar surface area (TPSA) is 15.3 Å². The van der Waals surface area contributed by atoms with Crippen LogP contribution in [0.2, 0.25) is 0 Å². The van der Waals surface area contributed by atoms with E-state index in [1.54, 1.807) is 6.07 Å². The molecule has 1 heterocycles. The van der Waals surface area contributed by atoms with Crippen molar-refractivity contribution in [1.82, 2.24) is 10.2 Å². The Bertz CT molecular complexity index is 418. The zero-order valence-corrected chi connectivity index (χ0v) is 12.3. The van der Waals surface area contributed by atoms with E-state index in [1.807, 2.05) is 6.92 Å². The van der Waals surface area contributed by atoms with Crippen molar-refractivity contribution in [2.24, 2.45) is 0 Å². The number of nitrogens with zero attached hydrogens (tertiary/aromatic N) is 1. The third-order valence-corrected chi connectivity index (χ3v) is 3.55. The average Bonchev–Trinajstić information content (AvgIpc) is 2.26. The van der Waals surface area contributed by atoms with Crippen LogP contribution in [-0.4, -0.2) is 30.1 Å². The summed E-state index contributed by atoms with van der Waals surface area (Å²) in [6, 6.07) is 4.58. The van der Waals surface area contributed by atoms with Crippen molar-refractivity contribution < 1.29 is 8.78 Å². The third-order valence-electron chi connectivity index (χ3n) is 3.55. The molecule has 1 aromatic rings. The van der Waals surface area contributed by atoms with E-state index >= 15 is 0 Å². The lowest BCUT2D eigenvalue weighted by molar-refractivity contribution is 0.129.